The highest BCUT2D eigenvalue weighted by Gasteiger charge is 2.24. The lowest BCUT2D eigenvalue weighted by Crippen LogP contribution is -2.12. The quantitative estimate of drug-likeness (QED) is 0.145. The van der Waals surface area contributed by atoms with Crippen molar-refractivity contribution in [3.05, 3.63) is 230 Å². The van der Waals surface area contributed by atoms with Gasteiger partial charge in [-0.2, -0.15) is 0 Å². The Kier molecular flexibility index (Phi) is 8.77. The first kappa shape index (κ1) is 37.8. The summed E-state index contributed by atoms with van der Waals surface area (Å²) in [5.74, 6) is 0. The molecule has 64 heavy (non-hydrogen) atoms. The molecule has 0 N–H and O–H groups in total. The molecule has 0 fully saturated rings. The lowest BCUT2D eigenvalue weighted by Gasteiger charge is -2.30. The van der Waals surface area contributed by atoms with Gasteiger partial charge in [-0.3, -0.25) is 0 Å². The maximum atomic E-state index is 2.50. The van der Waals surface area contributed by atoms with Crippen LogP contribution in [0.5, 0.6) is 0 Å². The molecule has 0 atom stereocenters. The molecular formula is C62H46N2. The van der Waals surface area contributed by atoms with Crippen molar-refractivity contribution in [2.75, 3.05) is 4.90 Å². The lowest BCUT2D eigenvalue weighted by atomic mass is 9.83. The number of anilines is 3. The smallest absolute Gasteiger partial charge is 0.0541 e. The highest BCUT2D eigenvalue weighted by Crippen LogP contribution is 2.48. The molecule has 2 heteroatoms. The summed E-state index contributed by atoms with van der Waals surface area (Å²) in [6.45, 7) is 6.91. The van der Waals surface area contributed by atoms with Gasteiger partial charge in [-0.1, -0.05) is 197 Å². The first-order valence-corrected chi connectivity index (χ1v) is 22.3. The van der Waals surface area contributed by atoms with Crippen molar-refractivity contribution < 1.29 is 0 Å². The Morgan fingerprint density at radius 3 is 1.61 bits per heavy atom. The third-order valence-electron chi connectivity index (χ3n) is 13.3. The van der Waals surface area contributed by atoms with E-state index in [1.807, 2.05) is 0 Å². The van der Waals surface area contributed by atoms with E-state index in [1.54, 1.807) is 0 Å². The maximum Gasteiger partial charge on any atom is 0.0541 e. The minimum absolute atomic E-state index is 0.0268. The first-order chi connectivity index (χ1) is 31.4. The zero-order chi connectivity index (χ0) is 42.9. The molecule has 0 radical (unpaired) electrons. The monoisotopic (exact) mass is 818 g/mol. The Hall–Kier alpha value is -7.94. The number of nitrogens with zero attached hydrogens (tertiary/aromatic N) is 2. The van der Waals surface area contributed by atoms with Crippen LogP contribution in [0.3, 0.4) is 0 Å². The summed E-state index contributed by atoms with van der Waals surface area (Å²) in [4.78, 5) is 2.50. The predicted molar refractivity (Wildman–Crippen MR) is 274 cm³/mol. The van der Waals surface area contributed by atoms with Crippen LogP contribution in [0.4, 0.5) is 17.1 Å². The molecule has 0 amide bonds. The van der Waals surface area contributed by atoms with Gasteiger partial charge in [-0.05, 0) is 109 Å². The number of benzene rings is 11. The summed E-state index contributed by atoms with van der Waals surface area (Å²) in [7, 11) is 0. The van der Waals surface area contributed by atoms with Crippen LogP contribution in [-0.2, 0) is 5.41 Å². The Balaban J connectivity index is 1.11. The topological polar surface area (TPSA) is 8.17 Å². The zero-order valence-corrected chi connectivity index (χ0v) is 36.3. The minimum Gasteiger partial charge on any atom is -0.309 e. The van der Waals surface area contributed by atoms with Gasteiger partial charge in [0.25, 0.3) is 0 Å². The van der Waals surface area contributed by atoms with Gasteiger partial charge in [0.15, 0.2) is 0 Å². The number of para-hydroxylation sites is 3. The van der Waals surface area contributed by atoms with E-state index in [1.165, 1.54) is 98.8 Å². The molecule has 12 rings (SSSR count). The largest absolute Gasteiger partial charge is 0.309 e. The summed E-state index contributed by atoms with van der Waals surface area (Å²) in [5.41, 5.74) is 15.5. The molecule has 0 unspecified atom stereocenters. The van der Waals surface area contributed by atoms with Crippen molar-refractivity contribution in [2.45, 2.75) is 26.2 Å². The molecule has 1 aromatic heterocycles. The molecule has 2 nitrogen and oxygen atoms in total. The van der Waals surface area contributed by atoms with Crippen molar-refractivity contribution in [2.24, 2.45) is 0 Å². The number of aromatic nitrogens is 1. The molecule has 0 aliphatic rings. The van der Waals surface area contributed by atoms with E-state index in [0.717, 1.165) is 17.1 Å². The molecule has 0 aliphatic carbocycles. The number of hydrogen-bond donors (Lipinski definition) is 0. The molecule has 0 spiro atoms. The van der Waals surface area contributed by atoms with E-state index in [-0.39, 0.29) is 5.41 Å². The molecule has 0 aliphatic heterocycles. The molecule has 1 heterocycles. The van der Waals surface area contributed by atoms with Gasteiger partial charge >= 0.3 is 0 Å². The predicted octanol–water partition coefficient (Wildman–Crippen LogP) is 17.4. The van der Waals surface area contributed by atoms with Gasteiger partial charge in [0.2, 0.25) is 0 Å². The SMILES string of the molecule is CC(C)(C)c1cc(-c2ccccc2)cc(-c2cccc(N(c3ccccc3-c3ccccc3)c3ccc4ccc5c(-n6c7ccccc7c7ccccc76)ccc6ccc3c4c65)c2)c1. The van der Waals surface area contributed by atoms with Gasteiger partial charge in [-0.15, -0.1) is 0 Å². The van der Waals surface area contributed by atoms with Crippen molar-refractivity contribution in [1.82, 2.24) is 4.57 Å². The Morgan fingerprint density at radius 2 is 0.906 bits per heavy atom. The van der Waals surface area contributed by atoms with E-state index in [4.69, 9.17) is 0 Å². The molecule has 12 aromatic rings. The van der Waals surface area contributed by atoms with Crippen LogP contribution in [0.1, 0.15) is 26.3 Å². The van der Waals surface area contributed by atoms with Crippen LogP contribution in [-0.4, -0.2) is 4.57 Å². The second-order valence-electron chi connectivity index (χ2n) is 18.1. The third kappa shape index (κ3) is 6.17. The van der Waals surface area contributed by atoms with Crippen LogP contribution in [0.15, 0.2) is 224 Å². The molecule has 0 saturated heterocycles. The standard InChI is InChI=1S/C62H46N2/c1-62(2,3)48-38-46(41-17-6-4-7-18-41)37-47(39-48)45-21-16-22-49(40-45)63(55-26-13-10-23-50(55)42-19-8-5-9-20-42)58-35-31-43-30-34-54-59(36-32-44-29-33-53(58)60(43)61(44)54)64-56-27-14-11-24-51(56)52-25-12-15-28-57(52)64/h4-40H,1-3H3. The Morgan fingerprint density at radius 1 is 0.359 bits per heavy atom. The van der Waals surface area contributed by atoms with Gasteiger partial charge in [0.05, 0.1) is 28.1 Å². The lowest BCUT2D eigenvalue weighted by molar-refractivity contribution is 0.590. The Bertz CT molecular complexity index is 3650. The normalized spacial score (nSPS) is 12.0. The fraction of sp³-hybridized carbons (Fsp3) is 0.0645. The summed E-state index contributed by atoms with van der Waals surface area (Å²) in [6, 6.07) is 82.9. The average Bonchev–Trinajstić information content (AvgIpc) is 3.68. The van der Waals surface area contributed by atoms with E-state index in [2.05, 4.69) is 255 Å². The molecular weight excluding hydrogens is 773 g/mol. The van der Waals surface area contributed by atoms with Crippen LogP contribution in [0.2, 0.25) is 0 Å². The minimum atomic E-state index is -0.0268. The van der Waals surface area contributed by atoms with Gasteiger partial charge in [0.1, 0.15) is 0 Å². The number of rotatable bonds is 7. The summed E-state index contributed by atoms with van der Waals surface area (Å²) < 4.78 is 2.46. The van der Waals surface area contributed by atoms with Crippen molar-refractivity contribution >= 4 is 71.2 Å². The number of fused-ring (bicyclic) bond motifs is 3. The fourth-order valence-electron chi connectivity index (χ4n) is 10.1. The molecule has 11 aromatic carbocycles. The maximum absolute atomic E-state index is 2.50. The summed E-state index contributed by atoms with van der Waals surface area (Å²) >= 11 is 0. The Labute approximate surface area is 374 Å². The zero-order valence-electron chi connectivity index (χ0n) is 36.3. The van der Waals surface area contributed by atoms with Crippen molar-refractivity contribution in [3.63, 3.8) is 0 Å². The van der Waals surface area contributed by atoms with E-state index in [9.17, 15) is 0 Å². The summed E-state index contributed by atoms with van der Waals surface area (Å²) in [6.07, 6.45) is 0. The first-order valence-electron chi connectivity index (χ1n) is 22.3. The van der Waals surface area contributed by atoms with Gasteiger partial charge in [0, 0.05) is 32.8 Å². The molecule has 0 bridgehead atoms. The summed E-state index contributed by atoms with van der Waals surface area (Å²) in [5, 5.41) is 10.0. The van der Waals surface area contributed by atoms with Crippen LogP contribution in [0, 0.1) is 0 Å². The van der Waals surface area contributed by atoms with Gasteiger partial charge < -0.3 is 9.47 Å². The van der Waals surface area contributed by atoms with Crippen LogP contribution in [0.25, 0.3) is 93.2 Å². The van der Waals surface area contributed by atoms with Crippen molar-refractivity contribution in [1.29, 1.82) is 0 Å². The van der Waals surface area contributed by atoms with E-state index in [0.29, 0.717) is 0 Å². The van der Waals surface area contributed by atoms with Crippen LogP contribution >= 0.6 is 0 Å². The van der Waals surface area contributed by atoms with Gasteiger partial charge in [-0.25, -0.2) is 0 Å². The molecule has 0 saturated carbocycles. The molecule has 304 valence electrons. The second-order valence-corrected chi connectivity index (χ2v) is 18.1. The van der Waals surface area contributed by atoms with Crippen LogP contribution < -0.4 is 4.90 Å². The fourth-order valence-corrected chi connectivity index (χ4v) is 10.1. The highest BCUT2D eigenvalue weighted by atomic mass is 15.1. The second kappa shape index (κ2) is 14.9. The average molecular weight is 819 g/mol. The van der Waals surface area contributed by atoms with Crippen molar-refractivity contribution in [3.8, 4) is 39.1 Å². The van der Waals surface area contributed by atoms with E-state index >= 15 is 0 Å². The third-order valence-corrected chi connectivity index (χ3v) is 13.3. The highest BCUT2D eigenvalue weighted by molar-refractivity contribution is 6.27. The van der Waals surface area contributed by atoms with E-state index < -0.39 is 0 Å². The number of hydrogen-bond acceptors (Lipinski definition) is 1.